The quantitative estimate of drug-likeness (QED) is 0.386. The minimum absolute atomic E-state index is 0.0311. The summed E-state index contributed by atoms with van der Waals surface area (Å²) in [4.78, 5) is 18.0. The van der Waals surface area contributed by atoms with Gasteiger partial charge in [0.25, 0.3) is 0 Å². The number of imidazole rings is 1. The fourth-order valence-corrected chi connectivity index (χ4v) is 7.51. The Balaban J connectivity index is 1.34. The molecule has 0 amide bonds. The molecule has 4 aliphatic rings. The van der Waals surface area contributed by atoms with Gasteiger partial charge in [-0.1, -0.05) is 41.6 Å². The van der Waals surface area contributed by atoms with E-state index < -0.39 is 0 Å². The van der Waals surface area contributed by atoms with Crippen LogP contribution < -0.4 is 0 Å². The summed E-state index contributed by atoms with van der Waals surface area (Å²) < 4.78 is 2.15. The second-order valence-electron chi connectivity index (χ2n) is 9.24. The van der Waals surface area contributed by atoms with Crippen molar-refractivity contribution < 1.29 is 4.79 Å². The number of halogens is 1. The van der Waals surface area contributed by atoms with Gasteiger partial charge in [-0.15, -0.1) is 6.58 Å². The van der Waals surface area contributed by atoms with Crippen LogP contribution in [0.4, 0.5) is 0 Å². The number of allylic oxidation sites excluding steroid dienone is 1. The monoisotopic (exact) mass is 426 g/mol. The van der Waals surface area contributed by atoms with Crippen LogP contribution in [0.1, 0.15) is 38.5 Å². The van der Waals surface area contributed by atoms with Gasteiger partial charge in [-0.25, -0.2) is 4.98 Å². The van der Waals surface area contributed by atoms with Gasteiger partial charge in [-0.3, -0.25) is 4.79 Å². The molecule has 4 aliphatic carbocycles. The second kappa shape index (κ2) is 7.63. The molecule has 0 N–H and O–H groups in total. The highest BCUT2D eigenvalue weighted by Gasteiger charge is 2.54. The van der Waals surface area contributed by atoms with Crippen LogP contribution in [0.2, 0.25) is 5.02 Å². The van der Waals surface area contributed by atoms with Crippen LogP contribution in [-0.4, -0.2) is 21.1 Å². The summed E-state index contributed by atoms with van der Waals surface area (Å²) in [7, 11) is 0. The molecule has 6 rings (SSSR count). The van der Waals surface area contributed by atoms with Crippen LogP contribution in [0.3, 0.4) is 0 Å². The largest absolute Gasteiger partial charge is 0.315 e. The molecule has 29 heavy (non-hydrogen) atoms. The molecule has 1 aromatic carbocycles. The molecule has 0 radical (unpaired) electrons. The number of Topliss-reactive ketones (excluding diaryl/α,β-unsaturated/α-hetero) is 1. The average Bonchev–Trinajstić information content (AvgIpc) is 3.08. The second-order valence-corrected chi connectivity index (χ2v) is 10.6. The van der Waals surface area contributed by atoms with Gasteiger partial charge in [0.2, 0.25) is 0 Å². The first-order valence-electron chi connectivity index (χ1n) is 10.6. The molecule has 0 unspecified atom stereocenters. The van der Waals surface area contributed by atoms with E-state index in [1.165, 1.54) is 19.3 Å². The first-order valence-corrected chi connectivity index (χ1v) is 12.0. The minimum Gasteiger partial charge on any atom is -0.315 e. The van der Waals surface area contributed by atoms with Crippen molar-refractivity contribution in [2.45, 2.75) is 50.2 Å². The Morgan fingerprint density at radius 3 is 2.38 bits per heavy atom. The molecule has 4 bridgehead atoms. The van der Waals surface area contributed by atoms with Crippen molar-refractivity contribution in [3.63, 3.8) is 0 Å². The summed E-state index contributed by atoms with van der Waals surface area (Å²) in [6.07, 6.45) is 11.3. The van der Waals surface area contributed by atoms with Crippen molar-refractivity contribution in [3.8, 4) is 11.3 Å². The highest BCUT2D eigenvalue weighted by Crippen LogP contribution is 2.60. The summed E-state index contributed by atoms with van der Waals surface area (Å²) >= 11 is 7.63. The SMILES string of the molecule is C=CCn1c(-c2ccc(Cl)cc2)cnc1SCC(=O)C12CC3CC(CC(C3)C1)C2. The highest BCUT2D eigenvalue weighted by molar-refractivity contribution is 7.99. The Hall–Kier alpha value is -1.52. The fourth-order valence-electron chi connectivity index (χ4n) is 6.37. The van der Waals surface area contributed by atoms with E-state index in [9.17, 15) is 4.79 Å². The van der Waals surface area contributed by atoms with E-state index in [2.05, 4.69) is 16.1 Å². The third-order valence-electron chi connectivity index (χ3n) is 7.23. The van der Waals surface area contributed by atoms with E-state index in [4.69, 9.17) is 11.6 Å². The van der Waals surface area contributed by atoms with Crippen LogP contribution in [0.5, 0.6) is 0 Å². The number of rotatable bonds is 7. The number of carbonyl (C=O) groups is 1. The van der Waals surface area contributed by atoms with Crippen molar-refractivity contribution in [2.75, 3.05) is 5.75 Å². The first-order chi connectivity index (χ1) is 14.1. The molecule has 0 spiro atoms. The number of hydrogen-bond donors (Lipinski definition) is 0. The lowest BCUT2D eigenvalue weighted by Crippen LogP contribution is -2.50. The van der Waals surface area contributed by atoms with Crippen LogP contribution in [-0.2, 0) is 11.3 Å². The lowest BCUT2D eigenvalue weighted by Gasteiger charge is -2.56. The number of nitrogens with zero attached hydrogens (tertiary/aromatic N) is 2. The third kappa shape index (κ3) is 3.59. The normalized spacial score (nSPS) is 29.9. The highest BCUT2D eigenvalue weighted by atomic mass is 35.5. The van der Waals surface area contributed by atoms with E-state index in [0.29, 0.717) is 18.1 Å². The van der Waals surface area contributed by atoms with Crippen molar-refractivity contribution in [3.05, 3.63) is 48.1 Å². The summed E-state index contributed by atoms with van der Waals surface area (Å²) in [6, 6.07) is 7.80. The molecule has 1 aromatic heterocycles. The molecule has 2 aromatic rings. The lowest BCUT2D eigenvalue weighted by molar-refractivity contribution is -0.141. The van der Waals surface area contributed by atoms with E-state index in [-0.39, 0.29) is 5.41 Å². The molecule has 0 atom stereocenters. The van der Waals surface area contributed by atoms with Gasteiger partial charge in [0.15, 0.2) is 5.16 Å². The molecule has 1 heterocycles. The zero-order chi connectivity index (χ0) is 20.0. The molecule has 4 saturated carbocycles. The van der Waals surface area contributed by atoms with Crippen molar-refractivity contribution in [1.29, 1.82) is 0 Å². The van der Waals surface area contributed by atoms with E-state index in [1.54, 1.807) is 11.8 Å². The van der Waals surface area contributed by atoms with Gasteiger partial charge in [-0.2, -0.15) is 0 Å². The number of ketones is 1. The summed E-state index contributed by atoms with van der Waals surface area (Å²) in [5.74, 6) is 3.39. The summed E-state index contributed by atoms with van der Waals surface area (Å²) in [5, 5.41) is 1.62. The number of carbonyl (C=O) groups excluding carboxylic acids is 1. The number of hydrogen-bond acceptors (Lipinski definition) is 3. The Morgan fingerprint density at radius 2 is 1.79 bits per heavy atom. The maximum atomic E-state index is 13.4. The fraction of sp³-hybridized carbons (Fsp3) is 0.500. The van der Waals surface area contributed by atoms with Gasteiger partial charge >= 0.3 is 0 Å². The van der Waals surface area contributed by atoms with Gasteiger partial charge in [0.05, 0.1) is 17.6 Å². The van der Waals surface area contributed by atoms with Gasteiger partial charge < -0.3 is 4.57 Å². The van der Waals surface area contributed by atoms with Gasteiger partial charge in [-0.05, 0) is 74.0 Å². The van der Waals surface area contributed by atoms with Crippen LogP contribution >= 0.6 is 23.4 Å². The Kier molecular flexibility index (Phi) is 5.11. The van der Waals surface area contributed by atoms with Crippen LogP contribution in [0, 0.1) is 23.2 Å². The van der Waals surface area contributed by atoms with E-state index in [0.717, 1.165) is 58.5 Å². The van der Waals surface area contributed by atoms with Crippen molar-refractivity contribution in [2.24, 2.45) is 23.2 Å². The Bertz CT molecular complexity index is 898. The van der Waals surface area contributed by atoms with E-state index >= 15 is 0 Å². The molecule has 3 nitrogen and oxygen atoms in total. The third-order valence-corrected chi connectivity index (χ3v) is 8.48. The summed E-state index contributed by atoms with van der Waals surface area (Å²) in [5.41, 5.74) is 2.07. The Labute approximate surface area is 181 Å². The lowest BCUT2D eigenvalue weighted by atomic mass is 9.48. The molecule has 0 saturated heterocycles. The van der Waals surface area contributed by atoms with Crippen molar-refractivity contribution >= 4 is 29.1 Å². The zero-order valence-corrected chi connectivity index (χ0v) is 18.2. The van der Waals surface area contributed by atoms with Crippen molar-refractivity contribution in [1.82, 2.24) is 9.55 Å². The molecule has 5 heteroatoms. The predicted octanol–water partition coefficient (Wildman–Crippen LogP) is 6.27. The smallest absolute Gasteiger partial charge is 0.169 e. The number of benzene rings is 1. The molecule has 4 fully saturated rings. The van der Waals surface area contributed by atoms with E-state index in [1.807, 2.05) is 36.5 Å². The first kappa shape index (κ1) is 19.4. The predicted molar refractivity (Wildman–Crippen MR) is 119 cm³/mol. The van der Waals surface area contributed by atoms with Crippen LogP contribution in [0.15, 0.2) is 48.3 Å². The molecular formula is C24H27ClN2OS. The van der Waals surface area contributed by atoms with Gasteiger partial charge in [0.1, 0.15) is 5.78 Å². The maximum absolute atomic E-state index is 13.4. The minimum atomic E-state index is -0.0311. The van der Waals surface area contributed by atoms with Gasteiger partial charge in [0, 0.05) is 17.0 Å². The topological polar surface area (TPSA) is 34.9 Å². The zero-order valence-electron chi connectivity index (χ0n) is 16.6. The average molecular weight is 427 g/mol. The number of aromatic nitrogens is 2. The summed E-state index contributed by atoms with van der Waals surface area (Å²) in [6.45, 7) is 4.57. The molecule has 152 valence electrons. The number of thioether (sulfide) groups is 1. The molecule has 0 aliphatic heterocycles. The standard InChI is InChI=1S/C24H27ClN2OS/c1-2-7-27-21(19-3-5-20(25)6-4-19)14-26-23(27)29-15-22(28)24-11-16-8-17(12-24)10-18(9-16)13-24/h2-6,14,16-18H,1,7-13,15H2. The Morgan fingerprint density at radius 1 is 1.17 bits per heavy atom. The van der Waals surface area contributed by atoms with Crippen LogP contribution in [0.25, 0.3) is 11.3 Å². The molecular weight excluding hydrogens is 400 g/mol. The maximum Gasteiger partial charge on any atom is 0.169 e.